The summed E-state index contributed by atoms with van der Waals surface area (Å²) in [4.78, 5) is 35.4. The van der Waals surface area contributed by atoms with Crippen molar-refractivity contribution in [2.24, 2.45) is 10.9 Å². The van der Waals surface area contributed by atoms with Crippen molar-refractivity contribution in [3.05, 3.63) is 29.6 Å². The number of carboxylic acids is 1. The van der Waals surface area contributed by atoms with Crippen LogP contribution < -0.4 is 0 Å². The fraction of sp³-hybridized carbons (Fsp3) is 0.579. The first-order chi connectivity index (χ1) is 11.8. The van der Waals surface area contributed by atoms with E-state index in [0.29, 0.717) is 24.4 Å². The summed E-state index contributed by atoms with van der Waals surface area (Å²) in [5.74, 6) is -0.962. The fourth-order valence-electron chi connectivity index (χ4n) is 2.91. The Bertz CT molecular complexity index is 682. The molecular weight excluding hydrogens is 318 g/mol. The summed E-state index contributed by atoms with van der Waals surface area (Å²) >= 11 is 0. The van der Waals surface area contributed by atoms with E-state index in [2.05, 4.69) is 9.98 Å². The number of aryl methyl sites for hydroxylation is 1. The van der Waals surface area contributed by atoms with Crippen molar-refractivity contribution in [1.29, 1.82) is 0 Å². The van der Waals surface area contributed by atoms with E-state index in [1.807, 2.05) is 39.8 Å². The van der Waals surface area contributed by atoms with Gasteiger partial charge in [-0.25, -0.2) is 9.79 Å². The number of amides is 1. The van der Waals surface area contributed by atoms with Crippen molar-refractivity contribution < 1.29 is 14.7 Å². The molecule has 1 aromatic rings. The number of hydrogen-bond donors (Lipinski definition) is 1. The number of aliphatic imine (C=N–C) groups is 1. The van der Waals surface area contributed by atoms with Gasteiger partial charge in [0.25, 0.3) is 5.91 Å². The third-order valence-corrected chi connectivity index (χ3v) is 4.96. The zero-order chi connectivity index (χ0) is 18.8. The van der Waals surface area contributed by atoms with Gasteiger partial charge >= 0.3 is 5.97 Å². The first-order valence-corrected chi connectivity index (χ1v) is 8.87. The highest BCUT2D eigenvalue weighted by atomic mass is 16.4. The zero-order valence-electron chi connectivity index (χ0n) is 15.6. The number of carboxylic acid groups (broad SMARTS) is 1. The third-order valence-electron chi connectivity index (χ3n) is 4.96. The molecule has 2 rings (SSSR count). The summed E-state index contributed by atoms with van der Waals surface area (Å²) in [6, 6.07) is 2.83. The van der Waals surface area contributed by atoms with E-state index in [1.165, 1.54) is 4.90 Å². The molecule has 1 aliphatic heterocycles. The van der Waals surface area contributed by atoms with Gasteiger partial charge in [-0.1, -0.05) is 40.2 Å². The third kappa shape index (κ3) is 3.43. The average Bonchev–Trinajstić information content (AvgIpc) is 2.85. The van der Waals surface area contributed by atoms with Crippen molar-refractivity contribution in [2.45, 2.75) is 65.5 Å². The quantitative estimate of drug-likeness (QED) is 0.823. The molecule has 0 radical (unpaired) electrons. The summed E-state index contributed by atoms with van der Waals surface area (Å²) in [6.07, 6.45) is 3.65. The van der Waals surface area contributed by atoms with E-state index >= 15 is 0 Å². The summed E-state index contributed by atoms with van der Waals surface area (Å²) in [7, 11) is 0. The molecule has 0 saturated heterocycles. The van der Waals surface area contributed by atoms with Gasteiger partial charge in [0, 0.05) is 6.20 Å². The van der Waals surface area contributed by atoms with Crippen molar-refractivity contribution in [1.82, 2.24) is 9.88 Å². The predicted molar refractivity (Wildman–Crippen MR) is 96.6 cm³/mol. The van der Waals surface area contributed by atoms with Gasteiger partial charge in [0.1, 0.15) is 17.3 Å². The van der Waals surface area contributed by atoms with E-state index in [4.69, 9.17) is 0 Å². The number of nitrogens with zero attached hydrogens (tertiary/aromatic N) is 3. The first kappa shape index (κ1) is 19.1. The molecule has 0 bridgehead atoms. The number of hydrogen-bond acceptors (Lipinski definition) is 4. The summed E-state index contributed by atoms with van der Waals surface area (Å²) in [6.45, 7) is 9.56. The lowest BCUT2D eigenvalue weighted by molar-refractivity contribution is -0.148. The number of aromatic nitrogens is 1. The number of carbonyl (C=O) groups excluding carboxylic acids is 1. The maximum atomic E-state index is 13.1. The topological polar surface area (TPSA) is 82.9 Å². The van der Waals surface area contributed by atoms with Crippen LogP contribution in [0.3, 0.4) is 0 Å². The number of carbonyl (C=O) groups is 2. The van der Waals surface area contributed by atoms with Crippen LogP contribution in [-0.4, -0.2) is 44.3 Å². The van der Waals surface area contributed by atoms with E-state index in [1.54, 1.807) is 13.1 Å². The molecule has 1 amide bonds. The van der Waals surface area contributed by atoms with Crippen LogP contribution in [0.1, 0.15) is 58.7 Å². The maximum absolute atomic E-state index is 13.1. The largest absolute Gasteiger partial charge is 0.480 e. The highest BCUT2D eigenvalue weighted by Gasteiger charge is 2.50. The van der Waals surface area contributed by atoms with Crippen LogP contribution in [-0.2, 0) is 16.0 Å². The fourth-order valence-corrected chi connectivity index (χ4v) is 2.91. The second-order valence-electron chi connectivity index (χ2n) is 6.96. The van der Waals surface area contributed by atoms with Gasteiger partial charge in [-0.3, -0.25) is 14.7 Å². The lowest BCUT2D eigenvalue weighted by Crippen LogP contribution is -2.51. The van der Waals surface area contributed by atoms with Crippen LogP contribution in [0.2, 0.25) is 0 Å². The minimum absolute atomic E-state index is 0.0500. The molecule has 2 unspecified atom stereocenters. The Balaban J connectivity index is 2.55. The Morgan fingerprint density at radius 1 is 1.32 bits per heavy atom. The Kier molecular flexibility index (Phi) is 5.60. The number of amidine groups is 1. The lowest BCUT2D eigenvalue weighted by atomic mass is 9.88. The zero-order valence-corrected chi connectivity index (χ0v) is 15.6. The van der Waals surface area contributed by atoms with Gasteiger partial charge in [0.2, 0.25) is 0 Å². The molecule has 0 fully saturated rings. The van der Waals surface area contributed by atoms with Crippen molar-refractivity contribution in [2.75, 3.05) is 0 Å². The van der Waals surface area contributed by atoms with E-state index < -0.39 is 17.6 Å². The van der Waals surface area contributed by atoms with Gasteiger partial charge in [-0.05, 0) is 37.3 Å². The highest BCUT2D eigenvalue weighted by Crippen LogP contribution is 2.33. The Labute approximate surface area is 149 Å². The molecule has 1 aromatic heterocycles. The van der Waals surface area contributed by atoms with Crippen LogP contribution in [0.5, 0.6) is 0 Å². The average molecular weight is 345 g/mol. The predicted octanol–water partition coefficient (Wildman–Crippen LogP) is 2.90. The molecular formula is C19H27N3O3. The minimum Gasteiger partial charge on any atom is -0.480 e. The molecule has 6 nitrogen and oxygen atoms in total. The Morgan fingerprint density at radius 3 is 2.44 bits per heavy atom. The first-order valence-electron chi connectivity index (χ1n) is 8.87. The van der Waals surface area contributed by atoms with Gasteiger partial charge < -0.3 is 5.11 Å². The standard InChI is InChI=1S/C19H27N3O3/c1-6-8-15(17(23)24)22-16(14-10-9-13(7-2)11-20-14)21-19(5,12(3)4)18(22)25/h9-12,15H,6-8H2,1-5H3,(H,23,24). The monoisotopic (exact) mass is 345 g/mol. The Hall–Kier alpha value is -2.24. The molecule has 0 aromatic carbocycles. The molecule has 0 saturated carbocycles. The van der Waals surface area contributed by atoms with E-state index in [9.17, 15) is 14.7 Å². The van der Waals surface area contributed by atoms with Gasteiger partial charge in [-0.2, -0.15) is 0 Å². The van der Waals surface area contributed by atoms with Crippen molar-refractivity contribution >= 4 is 17.7 Å². The second-order valence-corrected chi connectivity index (χ2v) is 6.96. The van der Waals surface area contributed by atoms with Crippen LogP contribution in [0, 0.1) is 5.92 Å². The summed E-state index contributed by atoms with van der Waals surface area (Å²) < 4.78 is 0. The van der Waals surface area contributed by atoms with Gasteiger partial charge in [0.15, 0.2) is 5.84 Å². The number of aliphatic carboxylic acids is 1. The molecule has 2 heterocycles. The molecule has 1 aliphatic rings. The SMILES string of the molecule is CCCC(C(=O)O)N1C(=O)C(C)(C(C)C)N=C1c1ccc(CC)cn1. The van der Waals surface area contributed by atoms with Crippen LogP contribution >= 0.6 is 0 Å². The smallest absolute Gasteiger partial charge is 0.326 e. The lowest BCUT2D eigenvalue weighted by Gasteiger charge is -2.29. The maximum Gasteiger partial charge on any atom is 0.326 e. The minimum atomic E-state index is -1.01. The molecule has 136 valence electrons. The molecule has 25 heavy (non-hydrogen) atoms. The van der Waals surface area contributed by atoms with Crippen molar-refractivity contribution in [3.8, 4) is 0 Å². The van der Waals surface area contributed by atoms with Gasteiger partial charge in [0.05, 0.1) is 0 Å². The number of pyridine rings is 1. The summed E-state index contributed by atoms with van der Waals surface area (Å²) in [5, 5.41) is 9.67. The second kappa shape index (κ2) is 7.33. The molecule has 2 atom stereocenters. The van der Waals surface area contributed by atoms with Gasteiger partial charge in [-0.15, -0.1) is 0 Å². The Morgan fingerprint density at radius 2 is 2.00 bits per heavy atom. The highest BCUT2D eigenvalue weighted by molar-refractivity contribution is 6.16. The molecule has 1 N–H and O–H groups in total. The van der Waals surface area contributed by atoms with Crippen LogP contribution in [0.15, 0.2) is 23.3 Å². The van der Waals surface area contributed by atoms with E-state index in [0.717, 1.165) is 12.0 Å². The summed E-state index contributed by atoms with van der Waals surface area (Å²) in [5.41, 5.74) is 0.648. The van der Waals surface area contributed by atoms with Crippen molar-refractivity contribution in [3.63, 3.8) is 0 Å². The molecule has 0 aliphatic carbocycles. The normalized spacial score (nSPS) is 21.6. The molecule has 6 heteroatoms. The van der Waals surface area contributed by atoms with Crippen LogP contribution in [0.25, 0.3) is 0 Å². The van der Waals surface area contributed by atoms with E-state index in [-0.39, 0.29) is 11.8 Å². The number of rotatable bonds is 7. The molecule has 0 spiro atoms. The van der Waals surface area contributed by atoms with Crippen LogP contribution in [0.4, 0.5) is 0 Å².